The van der Waals surface area contributed by atoms with Crippen LogP contribution >= 0.6 is 11.3 Å². The molecule has 5 nitrogen and oxygen atoms in total. The van der Waals surface area contributed by atoms with E-state index in [2.05, 4.69) is 10.3 Å². The van der Waals surface area contributed by atoms with Crippen molar-refractivity contribution in [2.75, 3.05) is 5.32 Å². The van der Waals surface area contributed by atoms with Gasteiger partial charge in [-0.2, -0.15) is 0 Å². The van der Waals surface area contributed by atoms with E-state index < -0.39 is 5.92 Å². The first kappa shape index (κ1) is 14.7. The summed E-state index contributed by atoms with van der Waals surface area (Å²) in [7, 11) is 0. The van der Waals surface area contributed by atoms with Crippen molar-refractivity contribution in [1.29, 1.82) is 0 Å². The highest BCUT2D eigenvalue weighted by Crippen LogP contribution is 2.33. The molecular formula is C16H16N2O3S. The molecule has 1 aromatic carbocycles. The zero-order chi connectivity index (χ0) is 15.7. The van der Waals surface area contributed by atoms with Crippen LogP contribution in [0.5, 0.6) is 0 Å². The van der Waals surface area contributed by atoms with Gasteiger partial charge in [-0.15, -0.1) is 11.3 Å². The number of benzene rings is 1. The molecule has 6 heteroatoms. The molecule has 0 fully saturated rings. The number of hydrogen-bond acceptors (Lipinski definition) is 5. The number of aryl methyl sites for hydroxylation is 2. The number of carbonyl (C=O) groups excluding carboxylic acids is 2. The number of hydrogen-bond donors (Lipinski definition) is 1. The number of fused-ring (bicyclic) bond motifs is 1. The summed E-state index contributed by atoms with van der Waals surface area (Å²) in [6, 6.07) is 7.33. The van der Waals surface area contributed by atoms with Gasteiger partial charge in [0.2, 0.25) is 5.91 Å². The predicted octanol–water partition coefficient (Wildman–Crippen LogP) is 2.93. The quantitative estimate of drug-likeness (QED) is 0.884. The van der Waals surface area contributed by atoms with Crippen molar-refractivity contribution < 1.29 is 14.3 Å². The molecule has 1 amide bonds. The molecule has 2 aromatic rings. The topological polar surface area (TPSA) is 68.3 Å². The molecular weight excluding hydrogens is 300 g/mol. The molecule has 22 heavy (non-hydrogen) atoms. The minimum atomic E-state index is -0.542. The number of rotatable bonds is 3. The zero-order valence-corrected chi connectivity index (χ0v) is 13.2. The van der Waals surface area contributed by atoms with Gasteiger partial charge in [0.1, 0.15) is 6.61 Å². The van der Waals surface area contributed by atoms with Crippen LogP contribution in [0.15, 0.2) is 24.3 Å². The fourth-order valence-electron chi connectivity index (χ4n) is 2.57. The van der Waals surface area contributed by atoms with E-state index in [0.29, 0.717) is 5.69 Å². The van der Waals surface area contributed by atoms with E-state index in [4.69, 9.17) is 4.74 Å². The van der Waals surface area contributed by atoms with Gasteiger partial charge in [0.15, 0.2) is 0 Å². The van der Waals surface area contributed by atoms with Crippen LogP contribution in [-0.4, -0.2) is 16.9 Å². The van der Waals surface area contributed by atoms with Crippen molar-refractivity contribution in [2.24, 2.45) is 0 Å². The summed E-state index contributed by atoms with van der Waals surface area (Å²) < 4.78 is 5.42. The van der Waals surface area contributed by atoms with Crippen molar-refractivity contribution in [2.45, 2.75) is 32.8 Å². The number of para-hydroxylation sites is 1. The maximum absolute atomic E-state index is 12.4. The van der Waals surface area contributed by atoms with Crippen LogP contribution in [0.25, 0.3) is 0 Å². The Kier molecular flexibility index (Phi) is 3.94. The first-order valence-corrected chi connectivity index (χ1v) is 7.84. The lowest BCUT2D eigenvalue weighted by Crippen LogP contribution is -2.28. The molecule has 1 aliphatic heterocycles. The number of amides is 1. The average Bonchev–Trinajstić information content (AvgIpc) is 2.81. The third-order valence-corrected chi connectivity index (χ3v) is 4.68. The SMILES string of the molecule is Cc1nc(C)c(COC(=O)[C@@H]2CC(=O)Nc3ccccc32)s1. The summed E-state index contributed by atoms with van der Waals surface area (Å²) in [4.78, 5) is 29.4. The van der Waals surface area contributed by atoms with Crippen molar-refractivity contribution in [3.8, 4) is 0 Å². The van der Waals surface area contributed by atoms with Crippen molar-refractivity contribution in [3.63, 3.8) is 0 Å². The third kappa shape index (κ3) is 2.87. The van der Waals surface area contributed by atoms with Crippen molar-refractivity contribution >= 4 is 28.9 Å². The molecule has 1 aromatic heterocycles. The van der Waals surface area contributed by atoms with Gasteiger partial charge in [-0.1, -0.05) is 18.2 Å². The van der Waals surface area contributed by atoms with Gasteiger partial charge in [-0.3, -0.25) is 9.59 Å². The maximum atomic E-state index is 12.4. The van der Waals surface area contributed by atoms with Crippen LogP contribution in [0.2, 0.25) is 0 Å². The van der Waals surface area contributed by atoms with Crippen LogP contribution in [0.4, 0.5) is 5.69 Å². The fraction of sp³-hybridized carbons (Fsp3) is 0.312. The molecule has 0 radical (unpaired) electrons. The predicted molar refractivity (Wildman–Crippen MR) is 83.8 cm³/mol. The normalized spacial score (nSPS) is 16.8. The summed E-state index contributed by atoms with van der Waals surface area (Å²) in [6.07, 6.45) is 0.122. The molecule has 0 spiro atoms. The molecule has 0 saturated heterocycles. The second-order valence-corrected chi connectivity index (χ2v) is 6.53. The van der Waals surface area contributed by atoms with Gasteiger partial charge in [0, 0.05) is 12.1 Å². The Morgan fingerprint density at radius 1 is 1.41 bits per heavy atom. The van der Waals surface area contributed by atoms with E-state index in [1.165, 1.54) is 11.3 Å². The molecule has 2 heterocycles. The molecule has 114 valence electrons. The second kappa shape index (κ2) is 5.88. The Balaban J connectivity index is 1.75. The Bertz CT molecular complexity index is 739. The van der Waals surface area contributed by atoms with E-state index in [0.717, 1.165) is 21.1 Å². The first-order valence-electron chi connectivity index (χ1n) is 7.03. The average molecular weight is 316 g/mol. The standard InChI is InChI=1S/C16H16N2O3S/c1-9-14(22-10(2)17-9)8-21-16(20)12-7-15(19)18-13-6-4-3-5-11(12)13/h3-6,12H,7-8H2,1-2H3,(H,18,19)/t12-/m1/s1. The monoisotopic (exact) mass is 316 g/mol. The van der Waals surface area contributed by atoms with E-state index in [9.17, 15) is 9.59 Å². The molecule has 1 atom stereocenters. The minimum absolute atomic E-state index is 0.122. The first-order chi connectivity index (χ1) is 10.5. The number of esters is 1. The number of anilines is 1. The molecule has 0 aliphatic carbocycles. The number of nitrogens with zero attached hydrogens (tertiary/aromatic N) is 1. The Hall–Kier alpha value is -2.21. The zero-order valence-electron chi connectivity index (χ0n) is 12.4. The Labute approximate surface area is 132 Å². The second-order valence-electron chi connectivity index (χ2n) is 5.24. The van der Waals surface area contributed by atoms with Gasteiger partial charge < -0.3 is 10.1 Å². The largest absolute Gasteiger partial charge is 0.459 e. The lowest BCUT2D eigenvalue weighted by Gasteiger charge is -2.24. The van der Waals surface area contributed by atoms with Crippen LogP contribution in [-0.2, 0) is 20.9 Å². The van der Waals surface area contributed by atoms with Gasteiger partial charge >= 0.3 is 5.97 Å². The summed E-state index contributed by atoms with van der Waals surface area (Å²) in [6.45, 7) is 4.02. The highest BCUT2D eigenvalue weighted by atomic mass is 32.1. The number of ether oxygens (including phenoxy) is 1. The van der Waals surface area contributed by atoms with Gasteiger partial charge in [-0.25, -0.2) is 4.98 Å². The smallest absolute Gasteiger partial charge is 0.314 e. The molecule has 0 saturated carbocycles. The summed E-state index contributed by atoms with van der Waals surface area (Å²) in [5.41, 5.74) is 2.38. The Morgan fingerprint density at radius 3 is 2.91 bits per heavy atom. The van der Waals surface area contributed by atoms with Crippen molar-refractivity contribution in [1.82, 2.24) is 4.98 Å². The molecule has 1 aliphatic rings. The molecule has 0 bridgehead atoms. The highest BCUT2D eigenvalue weighted by molar-refractivity contribution is 7.11. The minimum Gasteiger partial charge on any atom is -0.459 e. The van der Waals surface area contributed by atoms with E-state index in [1.54, 1.807) is 6.07 Å². The van der Waals surface area contributed by atoms with Crippen LogP contribution in [0.1, 0.15) is 33.5 Å². The third-order valence-electron chi connectivity index (χ3n) is 3.63. The maximum Gasteiger partial charge on any atom is 0.314 e. The molecule has 1 N–H and O–H groups in total. The molecule has 0 unspecified atom stereocenters. The van der Waals surface area contributed by atoms with E-state index in [-0.39, 0.29) is 24.9 Å². The number of aromatic nitrogens is 1. The lowest BCUT2D eigenvalue weighted by molar-refractivity contribution is -0.148. The van der Waals surface area contributed by atoms with Gasteiger partial charge in [0.25, 0.3) is 0 Å². The number of thiazole rings is 1. The fourth-order valence-corrected chi connectivity index (χ4v) is 3.42. The Morgan fingerprint density at radius 2 is 2.18 bits per heavy atom. The van der Waals surface area contributed by atoms with Crippen LogP contribution in [0, 0.1) is 13.8 Å². The van der Waals surface area contributed by atoms with Gasteiger partial charge in [-0.05, 0) is 25.5 Å². The lowest BCUT2D eigenvalue weighted by atomic mass is 9.91. The number of nitrogens with one attached hydrogen (secondary N) is 1. The van der Waals surface area contributed by atoms with Crippen LogP contribution in [0.3, 0.4) is 0 Å². The van der Waals surface area contributed by atoms with Gasteiger partial charge in [0.05, 0.1) is 21.5 Å². The summed E-state index contributed by atoms with van der Waals surface area (Å²) in [5, 5.41) is 3.73. The molecule has 3 rings (SSSR count). The van der Waals surface area contributed by atoms with E-state index >= 15 is 0 Å². The summed E-state index contributed by atoms with van der Waals surface area (Å²) in [5.74, 6) is -1.07. The van der Waals surface area contributed by atoms with E-state index in [1.807, 2.05) is 32.0 Å². The summed E-state index contributed by atoms with van der Waals surface area (Å²) >= 11 is 1.52. The van der Waals surface area contributed by atoms with Crippen LogP contribution < -0.4 is 5.32 Å². The number of carbonyl (C=O) groups is 2. The highest BCUT2D eigenvalue weighted by Gasteiger charge is 2.31. The van der Waals surface area contributed by atoms with Crippen molar-refractivity contribution in [3.05, 3.63) is 45.4 Å².